The highest BCUT2D eigenvalue weighted by Gasteiger charge is 2.36. The van der Waals surface area contributed by atoms with Crippen molar-refractivity contribution >= 4 is 38.7 Å². The van der Waals surface area contributed by atoms with Crippen LogP contribution in [0.15, 0.2) is 64.1 Å². The van der Waals surface area contributed by atoms with Crippen LogP contribution in [0, 0.1) is 11.8 Å². The number of carbonyl (C=O) groups is 1. The van der Waals surface area contributed by atoms with E-state index in [9.17, 15) is 9.90 Å². The second kappa shape index (κ2) is 9.86. The van der Waals surface area contributed by atoms with E-state index in [1.54, 1.807) is 0 Å². The average molecular weight is 526 g/mol. The van der Waals surface area contributed by atoms with Crippen LogP contribution in [-0.2, 0) is 6.54 Å². The Morgan fingerprint density at radius 3 is 2.62 bits per heavy atom. The van der Waals surface area contributed by atoms with Gasteiger partial charge in [0, 0.05) is 19.0 Å². The van der Waals surface area contributed by atoms with E-state index in [0.717, 1.165) is 46.5 Å². The van der Waals surface area contributed by atoms with Crippen LogP contribution in [0.1, 0.15) is 31.2 Å². The number of carboxylic acid groups (broad SMARTS) is 1. The number of rotatable bonds is 5. The van der Waals surface area contributed by atoms with Gasteiger partial charge >= 0.3 is 0 Å². The number of quaternary nitrogens is 1. The smallest absolute Gasteiger partial charge is 0.272 e. The van der Waals surface area contributed by atoms with Crippen LogP contribution in [0.2, 0.25) is 0 Å². The van der Waals surface area contributed by atoms with Gasteiger partial charge in [0.15, 0.2) is 5.70 Å². The molecule has 0 aromatic heterocycles. The minimum atomic E-state index is -1.09. The molecule has 0 saturated heterocycles. The second-order valence-electron chi connectivity index (χ2n) is 7.56. The van der Waals surface area contributed by atoms with Crippen molar-refractivity contribution < 1.29 is 27.2 Å². The van der Waals surface area contributed by atoms with Crippen LogP contribution >= 0.6 is 22.6 Å². The first kappa shape index (κ1) is 22.0. The quantitative estimate of drug-likeness (QED) is 0.400. The van der Waals surface area contributed by atoms with Crippen molar-refractivity contribution in [3.8, 4) is 0 Å². The minimum absolute atomic E-state index is 0. The third kappa shape index (κ3) is 5.07. The number of hydrogen-bond donors (Lipinski definition) is 1. The monoisotopic (exact) mass is 525 g/mol. The first-order chi connectivity index (χ1) is 13.6. The van der Waals surface area contributed by atoms with Crippen molar-refractivity contribution in [2.75, 3.05) is 6.54 Å². The third-order valence-electron chi connectivity index (χ3n) is 5.72. The third-order valence-corrected chi connectivity index (χ3v) is 6.55. The van der Waals surface area contributed by atoms with Crippen LogP contribution in [-0.4, -0.2) is 27.6 Å². The van der Waals surface area contributed by atoms with Crippen molar-refractivity contribution in [3.05, 3.63) is 59.7 Å². The SMILES string of the molecule is O=C([O-])N(Cc1ccccc1)CC1CCC(C2=C3C=NC=C[NH+]3C(I)=N2)CC1.[Cl-]. The van der Waals surface area contributed by atoms with Gasteiger partial charge in [-0.2, -0.15) is 4.99 Å². The largest absolute Gasteiger partial charge is 1.00 e. The predicted molar refractivity (Wildman–Crippen MR) is 115 cm³/mol. The summed E-state index contributed by atoms with van der Waals surface area (Å²) in [4.78, 5) is 23.3. The van der Waals surface area contributed by atoms with Gasteiger partial charge in [-0.1, -0.05) is 30.3 Å². The van der Waals surface area contributed by atoms with Gasteiger partial charge in [0.25, 0.3) is 3.84 Å². The number of aliphatic imine (C=N–C) groups is 2. The van der Waals surface area contributed by atoms with Crippen LogP contribution in [0.5, 0.6) is 0 Å². The molecule has 6 nitrogen and oxygen atoms in total. The lowest BCUT2D eigenvalue weighted by molar-refractivity contribution is -0.684. The molecule has 154 valence electrons. The topological polar surface area (TPSA) is 72.5 Å². The average Bonchev–Trinajstić information content (AvgIpc) is 3.06. The molecular formula is C21H23ClIN4O2-. The Morgan fingerprint density at radius 1 is 1.21 bits per heavy atom. The molecule has 1 aromatic rings. The van der Waals surface area contributed by atoms with Crippen molar-refractivity contribution in [1.29, 1.82) is 0 Å². The van der Waals surface area contributed by atoms with E-state index in [2.05, 4.69) is 27.6 Å². The zero-order chi connectivity index (χ0) is 19.5. The summed E-state index contributed by atoms with van der Waals surface area (Å²) in [5, 5.41) is 11.6. The van der Waals surface area contributed by atoms with Gasteiger partial charge in [-0.05, 0) is 37.2 Å². The molecule has 1 saturated carbocycles. The van der Waals surface area contributed by atoms with Gasteiger partial charge in [0.05, 0.1) is 35.0 Å². The number of amides is 1. The number of allylic oxidation sites excluding steroid dienone is 2. The van der Waals surface area contributed by atoms with E-state index in [1.807, 2.05) is 48.9 Å². The molecule has 1 fully saturated rings. The summed E-state index contributed by atoms with van der Waals surface area (Å²) in [5.74, 6) is 0.799. The molecule has 1 aliphatic carbocycles. The fourth-order valence-corrected chi connectivity index (χ4v) is 4.98. The first-order valence-electron chi connectivity index (χ1n) is 9.67. The molecule has 0 spiro atoms. The Hall–Kier alpha value is -1.71. The molecule has 2 heterocycles. The standard InChI is InChI=1S/C21H23IN4O2.ClH/c22-20-24-19(18-12-23-10-11-26(18)20)17-8-6-16(7-9-17)14-25(21(27)28)13-15-4-2-1-3-5-15;/h1-5,10-12,16-17H,6-9,13-14H2,(H,27,28);1H/p-1. The molecule has 3 aliphatic rings. The molecule has 1 amide bonds. The highest BCUT2D eigenvalue weighted by Crippen LogP contribution is 2.36. The van der Waals surface area contributed by atoms with Crippen LogP contribution in [0.3, 0.4) is 0 Å². The van der Waals surface area contributed by atoms with Crippen molar-refractivity contribution in [2.24, 2.45) is 21.8 Å². The Labute approximate surface area is 190 Å². The molecular weight excluding hydrogens is 503 g/mol. The molecule has 1 N–H and O–H groups in total. The van der Waals surface area contributed by atoms with Gasteiger partial charge in [-0.25, -0.2) is 4.90 Å². The summed E-state index contributed by atoms with van der Waals surface area (Å²) in [6.07, 6.45) is 8.76. The Kier molecular flexibility index (Phi) is 7.48. The highest BCUT2D eigenvalue weighted by atomic mass is 127. The zero-order valence-corrected chi connectivity index (χ0v) is 18.8. The fraction of sp³-hybridized carbons (Fsp3) is 0.381. The molecule has 0 radical (unpaired) electrons. The molecule has 2 aliphatic heterocycles. The van der Waals surface area contributed by atoms with Gasteiger partial charge < -0.3 is 27.2 Å². The van der Waals surface area contributed by atoms with Crippen molar-refractivity contribution in [2.45, 2.75) is 32.2 Å². The Bertz CT molecular complexity index is 861. The van der Waals surface area contributed by atoms with Crippen LogP contribution in [0.25, 0.3) is 0 Å². The maximum Gasteiger partial charge on any atom is 0.272 e. The molecule has 1 atom stereocenters. The summed E-state index contributed by atoms with van der Waals surface area (Å²) in [6, 6.07) is 9.71. The number of amidine groups is 1. The molecule has 1 aromatic carbocycles. The molecule has 1 unspecified atom stereocenters. The van der Waals surface area contributed by atoms with E-state index in [4.69, 9.17) is 4.99 Å². The molecule has 8 heteroatoms. The maximum absolute atomic E-state index is 11.6. The van der Waals surface area contributed by atoms with Crippen molar-refractivity contribution in [1.82, 2.24) is 4.90 Å². The van der Waals surface area contributed by atoms with E-state index in [0.29, 0.717) is 24.9 Å². The van der Waals surface area contributed by atoms with E-state index >= 15 is 0 Å². The van der Waals surface area contributed by atoms with Crippen molar-refractivity contribution in [3.63, 3.8) is 0 Å². The lowest BCUT2D eigenvalue weighted by atomic mass is 9.80. The number of halogens is 2. The number of nitrogens with zero attached hydrogens (tertiary/aromatic N) is 3. The Balaban J connectivity index is 0.00000240. The number of nitrogens with one attached hydrogen (secondary N) is 1. The van der Waals surface area contributed by atoms with E-state index < -0.39 is 6.09 Å². The summed E-state index contributed by atoms with van der Waals surface area (Å²) in [5.41, 5.74) is 3.32. The van der Waals surface area contributed by atoms with Gasteiger partial charge in [-0.3, -0.25) is 4.99 Å². The number of fused-ring (bicyclic) bond motifs is 1. The second-order valence-corrected chi connectivity index (χ2v) is 8.58. The number of hydrogen-bond acceptors (Lipinski definition) is 4. The number of carbonyl (C=O) groups excluding carboxylic acids is 1. The summed E-state index contributed by atoms with van der Waals surface area (Å²) >= 11 is 2.30. The van der Waals surface area contributed by atoms with Crippen LogP contribution in [0.4, 0.5) is 4.79 Å². The first-order valence-corrected chi connectivity index (χ1v) is 10.8. The lowest BCUT2D eigenvalue weighted by Gasteiger charge is -2.34. The van der Waals surface area contributed by atoms with E-state index in [-0.39, 0.29) is 12.4 Å². The molecule has 29 heavy (non-hydrogen) atoms. The lowest BCUT2D eigenvalue weighted by Crippen LogP contribution is -3.07. The maximum atomic E-state index is 11.6. The van der Waals surface area contributed by atoms with Gasteiger partial charge in [0.2, 0.25) is 0 Å². The summed E-state index contributed by atoms with van der Waals surface area (Å²) in [7, 11) is 0. The highest BCUT2D eigenvalue weighted by molar-refractivity contribution is 14.1. The predicted octanol–water partition coefficient (Wildman–Crippen LogP) is -0.901. The summed E-state index contributed by atoms with van der Waals surface area (Å²) in [6.45, 7) is 0.931. The summed E-state index contributed by atoms with van der Waals surface area (Å²) < 4.78 is 1.04. The normalized spacial score (nSPS) is 25.3. The van der Waals surface area contributed by atoms with Gasteiger partial charge in [-0.15, -0.1) is 0 Å². The van der Waals surface area contributed by atoms with E-state index in [1.165, 1.54) is 9.80 Å². The number of benzene rings is 1. The zero-order valence-electron chi connectivity index (χ0n) is 15.9. The fourth-order valence-electron chi connectivity index (χ4n) is 4.25. The molecule has 4 rings (SSSR count). The Morgan fingerprint density at radius 2 is 1.93 bits per heavy atom. The van der Waals surface area contributed by atoms with Crippen LogP contribution < -0.4 is 22.4 Å². The van der Waals surface area contributed by atoms with Gasteiger partial charge in [0.1, 0.15) is 18.0 Å². The minimum Gasteiger partial charge on any atom is -1.00 e. The molecule has 0 bridgehead atoms.